The molecule has 0 saturated heterocycles. The molecular weight excluding hydrogens is 194 g/mol. The van der Waals surface area contributed by atoms with Crippen LogP contribution in [-0.4, -0.2) is 5.38 Å². The molecule has 0 aliphatic carbocycles. The summed E-state index contributed by atoms with van der Waals surface area (Å²) in [4.78, 5) is 0. The highest BCUT2D eigenvalue weighted by Crippen LogP contribution is 2.15. The zero-order chi connectivity index (χ0) is 9.84. The molecule has 1 unspecified atom stereocenters. The average molecular weight is 205 g/mol. The van der Waals surface area contributed by atoms with Crippen LogP contribution in [0.1, 0.15) is 18.9 Å². The van der Waals surface area contributed by atoms with Gasteiger partial charge in [0.2, 0.25) is 0 Å². The van der Waals surface area contributed by atoms with Gasteiger partial charge in [0.05, 0.1) is 0 Å². The van der Waals surface area contributed by atoms with Gasteiger partial charge in [-0.2, -0.15) is 0 Å². The molecule has 0 heterocycles. The van der Waals surface area contributed by atoms with E-state index in [4.69, 9.17) is 11.6 Å². The van der Waals surface area contributed by atoms with Crippen LogP contribution < -0.4 is 0 Å². The molecule has 1 aromatic rings. The number of hydrogen-bond donors (Lipinski definition) is 0. The maximum atomic E-state index is 13.0. The lowest BCUT2D eigenvalue weighted by molar-refractivity contribution is 0.569. The number of hydrogen-bond acceptors (Lipinski definition) is 0. The van der Waals surface area contributed by atoms with Crippen LogP contribution in [0.5, 0.6) is 0 Å². The molecule has 0 aliphatic heterocycles. The van der Waals surface area contributed by atoms with E-state index in [0.717, 1.165) is 12.5 Å². The fourth-order valence-corrected chi connectivity index (χ4v) is 1.24. The first-order valence-corrected chi connectivity index (χ1v) is 4.65. The van der Waals surface area contributed by atoms with Crippen LogP contribution in [0.2, 0.25) is 0 Å². The van der Waals surface area contributed by atoms with Crippen molar-refractivity contribution >= 4 is 11.6 Å². The fourth-order valence-electron chi connectivity index (χ4n) is 1.07. The lowest BCUT2D eigenvalue weighted by Gasteiger charge is -2.06. The van der Waals surface area contributed by atoms with Crippen LogP contribution in [0.4, 0.5) is 8.78 Å². The van der Waals surface area contributed by atoms with E-state index in [-0.39, 0.29) is 5.38 Å². The molecule has 0 N–H and O–H groups in total. The first-order chi connectivity index (χ1) is 6.13. The average Bonchev–Trinajstić information content (AvgIpc) is 2.09. The molecule has 0 bridgehead atoms. The standard InChI is InChI=1S/C10H11ClF2/c1-2-8(11)5-7-3-4-9(12)6-10(7)13/h3-4,6,8H,2,5H2,1H3. The van der Waals surface area contributed by atoms with Crippen molar-refractivity contribution in [1.29, 1.82) is 0 Å². The van der Waals surface area contributed by atoms with E-state index in [1.807, 2.05) is 6.92 Å². The summed E-state index contributed by atoms with van der Waals surface area (Å²) in [7, 11) is 0. The van der Waals surface area contributed by atoms with Gasteiger partial charge in [0.25, 0.3) is 0 Å². The van der Waals surface area contributed by atoms with Gasteiger partial charge in [0.15, 0.2) is 0 Å². The van der Waals surface area contributed by atoms with E-state index in [2.05, 4.69) is 0 Å². The molecule has 0 spiro atoms. The predicted molar refractivity (Wildman–Crippen MR) is 50.0 cm³/mol. The molecule has 0 radical (unpaired) electrons. The lowest BCUT2D eigenvalue weighted by atomic mass is 10.1. The summed E-state index contributed by atoms with van der Waals surface area (Å²) in [5.74, 6) is -1.07. The van der Waals surface area contributed by atoms with E-state index in [9.17, 15) is 8.78 Å². The third kappa shape index (κ3) is 2.96. The lowest BCUT2D eigenvalue weighted by Crippen LogP contribution is -2.03. The van der Waals surface area contributed by atoms with E-state index >= 15 is 0 Å². The number of halogens is 3. The highest BCUT2D eigenvalue weighted by molar-refractivity contribution is 6.20. The summed E-state index contributed by atoms with van der Waals surface area (Å²) in [5, 5.41) is -0.0834. The van der Waals surface area contributed by atoms with Gasteiger partial charge in [-0.25, -0.2) is 8.78 Å². The van der Waals surface area contributed by atoms with Crippen LogP contribution in [0.3, 0.4) is 0 Å². The summed E-state index contributed by atoms with van der Waals surface area (Å²) in [6.45, 7) is 1.93. The van der Waals surface area contributed by atoms with Crippen molar-refractivity contribution in [2.24, 2.45) is 0 Å². The van der Waals surface area contributed by atoms with E-state index < -0.39 is 11.6 Å². The van der Waals surface area contributed by atoms with Gasteiger partial charge in [-0.1, -0.05) is 13.0 Å². The predicted octanol–water partition coefficient (Wildman–Crippen LogP) is 3.52. The van der Waals surface area contributed by atoms with Crippen LogP contribution in [0, 0.1) is 11.6 Å². The van der Waals surface area contributed by atoms with Gasteiger partial charge in [0.1, 0.15) is 11.6 Å². The number of rotatable bonds is 3. The Morgan fingerprint density at radius 2 is 2.08 bits per heavy atom. The Morgan fingerprint density at radius 1 is 1.38 bits per heavy atom. The first-order valence-electron chi connectivity index (χ1n) is 4.21. The molecule has 0 amide bonds. The molecule has 13 heavy (non-hydrogen) atoms. The van der Waals surface area contributed by atoms with Gasteiger partial charge >= 0.3 is 0 Å². The second kappa shape index (κ2) is 4.56. The van der Waals surface area contributed by atoms with E-state index in [1.165, 1.54) is 12.1 Å². The Balaban J connectivity index is 2.77. The van der Waals surface area contributed by atoms with Crippen molar-refractivity contribution in [1.82, 2.24) is 0 Å². The molecule has 0 fully saturated rings. The highest BCUT2D eigenvalue weighted by atomic mass is 35.5. The van der Waals surface area contributed by atoms with Crippen molar-refractivity contribution in [3.05, 3.63) is 35.4 Å². The van der Waals surface area contributed by atoms with Crippen molar-refractivity contribution in [2.75, 3.05) is 0 Å². The molecule has 0 aliphatic rings. The second-order valence-corrected chi connectivity index (χ2v) is 3.56. The van der Waals surface area contributed by atoms with E-state index in [0.29, 0.717) is 12.0 Å². The summed E-state index contributed by atoms with van der Waals surface area (Å²) < 4.78 is 25.5. The Hall–Kier alpha value is -0.630. The van der Waals surface area contributed by atoms with Gasteiger partial charge in [-0.3, -0.25) is 0 Å². The zero-order valence-electron chi connectivity index (χ0n) is 7.36. The third-order valence-electron chi connectivity index (χ3n) is 1.90. The minimum atomic E-state index is -0.552. The monoisotopic (exact) mass is 204 g/mol. The molecule has 0 saturated carbocycles. The van der Waals surface area contributed by atoms with E-state index in [1.54, 1.807) is 0 Å². The van der Waals surface area contributed by atoms with Gasteiger partial charge in [0, 0.05) is 11.4 Å². The Kier molecular flexibility index (Phi) is 3.67. The molecular formula is C10H11ClF2. The Labute approximate surface area is 81.5 Å². The maximum Gasteiger partial charge on any atom is 0.129 e. The normalized spacial score (nSPS) is 12.9. The SMILES string of the molecule is CCC(Cl)Cc1ccc(F)cc1F. The smallest absolute Gasteiger partial charge is 0.129 e. The number of alkyl halides is 1. The Morgan fingerprint density at radius 3 is 2.62 bits per heavy atom. The largest absolute Gasteiger partial charge is 0.207 e. The van der Waals surface area contributed by atoms with Crippen LogP contribution in [0.25, 0.3) is 0 Å². The summed E-state index contributed by atoms with van der Waals surface area (Å²) in [6.07, 6.45) is 1.22. The van der Waals surface area contributed by atoms with Crippen LogP contribution in [0.15, 0.2) is 18.2 Å². The molecule has 1 rings (SSSR count). The van der Waals surface area contributed by atoms with Crippen molar-refractivity contribution < 1.29 is 8.78 Å². The molecule has 1 atom stereocenters. The second-order valence-electron chi connectivity index (χ2n) is 2.95. The van der Waals surface area contributed by atoms with Gasteiger partial charge in [-0.15, -0.1) is 11.6 Å². The molecule has 1 aromatic carbocycles. The highest BCUT2D eigenvalue weighted by Gasteiger charge is 2.08. The van der Waals surface area contributed by atoms with Crippen molar-refractivity contribution in [3.8, 4) is 0 Å². The summed E-state index contributed by atoms with van der Waals surface area (Å²) in [6, 6.07) is 3.57. The van der Waals surface area contributed by atoms with Crippen LogP contribution in [-0.2, 0) is 6.42 Å². The quantitative estimate of drug-likeness (QED) is 0.661. The molecule has 0 nitrogen and oxygen atoms in total. The summed E-state index contributed by atoms with van der Waals surface area (Å²) in [5.41, 5.74) is 0.475. The summed E-state index contributed by atoms with van der Waals surface area (Å²) >= 11 is 5.85. The molecule has 3 heteroatoms. The minimum Gasteiger partial charge on any atom is -0.207 e. The first kappa shape index (κ1) is 10.5. The minimum absolute atomic E-state index is 0.0834. The Bertz CT molecular complexity index is 286. The fraction of sp³-hybridized carbons (Fsp3) is 0.400. The van der Waals surface area contributed by atoms with Crippen LogP contribution >= 0.6 is 11.6 Å². The number of benzene rings is 1. The van der Waals surface area contributed by atoms with Crippen molar-refractivity contribution in [3.63, 3.8) is 0 Å². The zero-order valence-corrected chi connectivity index (χ0v) is 8.11. The maximum absolute atomic E-state index is 13.0. The topological polar surface area (TPSA) is 0 Å². The van der Waals surface area contributed by atoms with Gasteiger partial charge < -0.3 is 0 Å². The third-order valence-corrected chi connectivity index (χ3v) is 2.36. The van der Waals surface area contributed by atoms with Crippen molar-refractivity contribution in [2.45, 2.75) is 25.1 Å². The molecule has 72 valence electrons. The molecule has 0 aromatic heterocycles. The van der Waals surface area contributed by atoms with Gasteiger partial charge in [-0.05, 0) is 24.5 Å².